The average molecular weight is 384 g/mol. The Morgan fingerprint density at radius 1 is 1.08 bits per heavy atom. The average Bonchev–Trinajstić information content (AvgIpc) is 2.95. The standard InChI is InChI=1S/C18H18BrN5/c1-11-2-4-13(5-3-11)16-10-15(12-6-8-14(19)9-7-12)21-18-22-17(20)23-24(16)18/h2-9,15-16H,10H2,1H3,(H3,20,21,22,23)/t15-,16-/m1/s1. The smallest absolute Gasteiger partial charge is 0.241 e. The van der Waals surface area contributed by atoms with E-state index in [1.54, 1.807) is 0 Å². The highest BCUT2D eigenvalue weighted by molar-refractivity contribution is 9.10. The van der Waals surface area contributed by atoms with E-state index in [4.69, 9.17) is 5.73 Å². The third-order valence-corrected chi connectivity index (χ3v) is 4.97. The Bertz CT molecular complexity index is 854. The number of hydrogen-bond donors (Lipinski definition) is 2. The van der Waals surface area contributed by atoms with Crippen molar-refractivity contribution in [3.63, 3.8) is 0 Å². The number of nitrogens with two attached hydrogens (primary N) is 1. The van der Waals surface area contributed by atoms with E-state index >= 15 is 0 Å². The van der Waals surface area contributed by atoms with E-state index in [9.17, 15) is 0 Å². The second-order valence-electron chi connectivity index (χ2n) is 6.15. The third-order valence-electron chi connectivity index (χ3n) is 4.44. The fourth-order valence-corrected chi connectivity index (χ4v) is 3.44. The van der Waals surface area contributed by atoms with E-state index in [0.29, 0.717) is 5.95 Å². The minimum absolute atomic E-state index is 0.111. The number of benzene rings is 2. The molecule has 1 aliphatic rings. The summed E-state index contributed by atoms with van der Waals surface area (Å²) in [5.74, 6) is 1.02. The lowest BCUT2D eigenvalue weighted by Gasteiger charge is -2.31. The Morgan fingerprint density at radius 3 is 2.46 bits per heavy atom. The lowest BCUT2D eigenvalue weighted by atomic mass is 9.93. The van der Waals surface area contributed by atoms with Crippen LogP contribution in [-0.4, -0.2) is 14.8 Å². The topological polar surface area (TPSA) is 68.8 Å². The van der Waals surface area contributed by atoms with Crippen molar-refractivity contribution in [1.29, 1.82) is 0 Å². The van der Waals surface area contributed by atoms with Crippen molar-refractivity contribution in [2.75, 3.05) is 11.1 Å². The molecule has 0 bridgehead atoms. The van der Waals surface area contributed by atoms with Gasteiger partial charge in [-0.1, -0.05) is 57.9 Å². The first-order valence-electron chi connectivity index (χ1n) is 7.91. The SMILES string of the molecule is Cc1ccc([C@H]2C[C@H](c3ccc(Br)cc3)Nc3nc(N)nn32)cc1. The van der Waals surface area contributed by atoms with Gasteiger partial charge in [0.25, 0.3) is 0 Å². The molecule has 2 aromatic carbocycles. The van der Waals surface area contributed by atoms with E-state index in [-0.39, 0.29) is 12.1 Å². The number of nitrogens with one attached hydrogen (secondary N) is 1. The van der Waals surface area contributed by atoms with Crippen LogP contribution >= 0.6 is 15.9 Å². The number of aromatic nitrogens is 3. The fourth-order valence-electron chi connectivity index (χ4n) is 3.17. The third kappa shape index (κ3) is 2.78. The molecule has 0 saturated heterocycles. The van der Waals surface area contributed by atoms with Crippen molar-refractivity contribution in [1.82, 2.24) is 14.8 Å². The summed E-state index contributed by atoms with van der Waals surface area (Å²) in [6.45, 7) is 2.09. The first kappa shape index (κ1) is 15.2. The summed E-state index contributed by atoms with van der Waals surface area (Å²) in [6, 6.07) is 17.2. The van der Waals surface area contributed by atoms with Crippen LogP contribution in [0.3, 0.4) is 0 Å². The van der Waals surface area contributed by atoms with Crippen LogP contribution in [0.25, 0.3) is 0 Å². The highest BCUT2D eigenvalue weighted by atomic mass is 79.9. The predicted molar refractivity (Wildman–Crippen MR) is 98.9 cm³/mol. The lowest BCUT2D eigenvalue weighted by molar-refractivity contribution is 0.431. The van der Waals surface area contributed by atoms with Crippen molar-refractivity contribution in [3.8, 4) is 0 Å². The van der Waals surface area contributed by atoms with Crippen LogP contribution in [0.5, 0.6) is 0 Å². The van der Waals surface area contributed by atoms with E-state index in [2.05, 4.69) is 86.8 Å². The normalized spacial score (nSPS) is 19.6. The Morgan fingerprint density at radius 2 is 1.75 bits per heavy atom. The maximum Gasteiger partial charge on any atom is 0.241 e. The molecule has 24 heavy (non-hydrogen) atoms. The van der Waals surface area contributed by atoms with Gasteiger partial charge in [0, 0.05) is 4.47 Å². The fraction of sp³-hybridized carbons (Fsp3) is 0.222. The number of fused-ring (bicyclic) bond motifs is 1. The number of halogens is 1. The van der Waals surface area contributed by atoms with Gasteiger partial charge >= 0.3 is 0 Å². The van der Waals surface area contributed by atoms with Crippen molar-refractivity contribution >= 4 is 27.8 Å². The Labute approximate surface area is 149 Å². The molecule has 0 radical (unpaired) electrons. The molecule has 0 saturated carbocycles. The predicted octanol–water partition coefficient (Wildman–Crippen LogP) is 4.08. The molecule has 2 heterocycles. The Balaban J connectivity index is 1.74. The van der Waals surface area contributed by atoms with Crippen LogP contribution in [0, 0.1) is 6.92 Å². The van der Waals surface area contributed by atoms with Gasteiger partial charge in [-0.2, -0.15) is 4.98 Å². The zero-order valence-electron chi connectivity index (χ0n) is 13.3. The minimum atomic E-state index is 0.111. The largest absolute Gasteiger partial charge is 0.366 e. The maximum atomic E-state index is 5.84. The van der Waals surface area contributed by atoms with Crippen LogP contribution in [0.4, 0.5) is 11.9 Å². The van der Waals surface area contributed by atoms with Gasteiger partial charge in [-0.05, 0) is 36.6 Å². The second kappa shape index (κ2) is 5.94. The maximum absolute atomic E-state index is 5.84. The zero-order chi connectivity index (χ0) is 16.7. The van der Waals surface area contributed by atoms with Crippen LogP contribution in [0.1, 0.15) is 35.2 Å². The molecule has 3 N–H and O–H groups in total. The van der Waals surface area contributed by atoms with Gasteiger partial charge in [0.2, 0.25) is 11.9 Å². The number of aryl methyl sites for hydroxylation is 1. The molecule has 2 atom stereocenters. The molecule has 1 aromatic heterocycles. The molecule has 0 amide bonds. The van der Waals surface area contributed by atoms with Gasteiger partial charge in [0.05, 0.1) is 12.1 Å². The van der Waals surface area contributed by atoms with Gasteiger partial charge in [0.1, 0.15) is 0 Å². The molecule has 0 aliphatic carbocycles. The van der Waals surface area contributed by atoms with Crippen LogP contribution in [-0.2, 0) is 0 Å². The van der Waals surface area contributed by atoms with Crippen LogP contribution < -0.4 is 11.1 Å². The van der Waals surface area contributed by atoms with Gasteiger partial charge in [-0.25, -0.2) is 4.68 Å². The number of rotatable bonds is 2. The van der Waals surface area contributed by atoms with Gasteiger partial charge in [0.15, 0.2) is 0 Å². The minimum Gasteiger partial charge on any atom is -0.366 e. The molecular weight excluding hydrogens is 366 g/mol. The van der Waals surface area contributed by atoms with Crippen LogP contribution in [0.2, 0.25) is 0 Å². The van der Waals surface area contributed by atoms with E-state index in [1.807, 2.05) is 4.68 Å². The number of nitrogen functional groups attached to an aromatic ring is 1. The Hall–Kier alpha value is -2.34. The molecule has 0 spiro atoms. The highest BCUT2D eigenvalue weighted by Gasteiger charge is 2.30. The Kier molecular flexibility index (Phi) is 3.76. The molecular formula is C18H18BrN5. The molecule has 0 fully saturated rings. The van der Waals surface area contributed by atoms with Crippen LogP contribution in [0.15, 0.2) is 53.0 Å². The summed E-state index contributed by atoms with van der Waals surface area (Å²) in [5, 5.41) is 7.85. The highest BCUT2D eigenvalue weighted by Crippen LogP contribution is 2.38. The zero-order valence-corrected chi connectivity index (χ0v) is 14.9. The summed E-state index contributed by atoms with van der Waals surface area (Å²) >= 11 is 3.49. The number of nitrogens with zero attached hydrogens (tertiary/aromatic N) is 3. The molecule has 3 aromatic rings. The van der Waals surface area contributed by atoms with Gasteiger partial charge in [-0.15, -0.1) is 5.10 Å². The molecule has 1 aliphatic heterocycles. The summed E-state index contributed by atoms with van der Waals surface area (Å²) < 4.78 is 2.97. The molecule has 6 heteroatoms. The molecule has 4 rings (SSSR count). The van der Waals surface area contributed by atoms with E-state index in [0.717, 1.165) is 16.8 Å². The number of anilines is 2. The first-order chi connectivity index (χ1) is 11.6. The van der Waals surface area contributed by atoms with Crippen molar-refractivity contribution < 1.29 is 0 Å². The second-order valence-corrected chi connectivity index (χ2v) is 7.06. The van der Waals surface area contributed by atoms with Crippen molar-refractivity contribution in [2.45, 2.75) is 25.4 Å². The summed E-state index contributed by atoms with van der Waals surface area (Å²) in [5.41, 5.74) is 9.53. The number of hydrogen-bond acceptors (Lipinski definition) is 4. The van der Waals surface area contributed by atoms with Crippen molar-refractivity contribution in [3.05, 3.63) is 69.7 Å². The molecule has 122 valence electrons. The van der Waals surface area contributed by atoms with Gasteiger partial charge in [-0.3, -0.25) is 0 Å². The molecule has 5 nitrogen and oxygen atoms in total. The van der Waals surface area contributed by atoms with Gasteiger partial charge < -0.3 is 11.1 Å². The molecule has 0 unspecified atom stereocenters. The van der Waals surface area contributed by atoms with E-state index < -0.39 is 0 Å². The summed E-state index contributed by atoms with van der Waals surface area (Å²) in [6.07, 6.45) is 0.889. The summed E-state index contributed by atoms with van der Waals surface area (Å²) in [7, 11) is 0. The lowest BCUT2D eigenvalue weighted by Crippen LogP contribution is -2.28. The van der Waals surface area contributed by atoms with E-state index in [1.165, 1.54) is 16.7 Å². The first-order valence-corrected chi connectivity index (χ1v) is 8.70. The monoisotopic (exact) mass is 383 g/mol. The van der Waals surface area contributed by atoms with Crippen molar-refractivity contribution in [2.24, 2.45) is 0 Å². The quantitative estimate of drug-likeness (QED) is 0.699. The summed E-state index contributed by atoms with van der Waals surface area (Å²) in [4.78, 5) is 4.35.